The van der Waals surface area contributed by atoms with Crippen LogP contribution < -0.4 is 10.5 Å². The minimum absolute atomic E-state index is 0.0525. The second-order valence-electron chi connectivity index (χ2n) is 3.54. The van der Waals surface area contributed by atoms with Gasteiger partial charge in [0.2, 0.25) is 0 Å². The molecule has 0 unspecified atom stereocenters. The summed E-state index contributed by atoms with van der Waals surface area (Å²) in [6.07, 6.45) is 0.500. The molecular weight excluding hydrogens is 226 g/mol. The summed E-state index contributed by atoms with van der Waals surface area (Å²) in [5.41, 5.74) is 6.19. The average Bonchev–Trinajstić information content (AvgIpc) is 2.27. The maximum Gasteiger partial charge on any atom is 0.151 e. The lowest BCUT2D eigenvalue weighted by molar-refractivity contribution is 0.414. The molecule has 1 aromatic rings. The van der Waals surface area contributed by atoms with E-state index in [1.165, 1.54) is 0 Å². The first-order valence-electron chi connectivity index (χ1n) is 5.11. The van der Waals surface area contributed by atoms with Gasteiger partial charge in [0, 0.05) is 6.54 Å². The fourth-order valence-electron chi connectivity index (χ4n) is 1.38. The number of aryl methyl sites for hydroxylation is 1. The van der Waals surface area contributed by atoms with E-state index in [2.05, 4.69) is 0 Å². The Balaban J connectivity index is 2.61. The maximum atomic E-state index is 11.4. The number of hydrogen-bond acceptors (Lipinski definition) is 4. The van der Waals surface area contributed by atoms with E-state index in [0.717, 1.165) is 11.3 Å². The molecule has 0 spiro atoms. The molecule has 0 bridgehead atoms. The lowest BCUT2D eigenvalue weighted by atomic mass is 10.2. The van der Waals surface area contributed by atoms with Gasteiger partial charge in [-0.1, -0.05) is 12.1 Å². The highest BCUT2D eigenvalue weighted by Crippen LogP contribution is 2.13. The highest BCUT2D eigenvalue weighted by atomic mass is 32.2. The third kappa shape index (κ3) is 4.20. The zero-order chi connectivity index (χ0) is 12.0. The summed E-state index contributed by atoms with van der Waals surface area (Å²) in [7, 11) is -1.43. The van der Waals surface area contributed by atoms with Crippen molar-refractivity contribution in [3.63, 3.8) is 0 Å². The number of nitrogens with two attached hydrogens (primary N) is 1. The van der Waals surface area contributed by atoms with Crippen molar-refractivity contribution in [3.8, 4) is 5.75 Å². The molecule has 4 nitrogen and oxygen atoms in total. The number of sulfone groups is 1. The molecular formula is C11H17NO3S. The van der Waals surface area contributed by atoms with E-state index in [1.807, 2.05) is 24.3 Å². The molecule has 90 valence electrons. The molecule has 0 fully saturated rings. The second kappa shape index (κ2) is 5.86. The third-order valence-corrected chi connectivity index (χ3v) is 3.95. The minimum atomic E-state index is -3.02. The summed E-state index contributed by atoms with van der Waals surface area (Å²) in [5.74, 6) is 0.933. The molecule has 2 N–H and O–H groups in total. The quantitative estimate of drug-likeness (QED) is 0.795. The molecule has 5 heteroatoms. The first-order chi connectivity index (χ1) is 7.57. The fourth-order valence-corrected chi connectivity index (χ4v) is 2.49. The normalized spacial score (nSPS) is 11.4. The molecule has 0 amide bonds. The standard InChI is InChI=1S/C11H17NO3S/c1-15-11-4-2-3-10(9-11)5-7-16(13,14)8-6-12/h2-4,9H,5-8,12H2,1H3. The van der Waals surface area contributed by atoms with E-state index < -0.39 is 9.84 Å². The van der Waals surface area contributed by atoms with Crippen LogP contribution in [0.3, 0.4) is 0 Å². The third-order valence-electron chi connectivity index (χ3n) is 2.26. The summed E-state index contributed by atoms with van der Waals surface area (Å²) in [4.78, 5) is 0. The van der Waals surface area contributed by atoms with E-state index in [0.29, 0.717) is 6.42 Å². The Morgan fingerprint density at radius 3 is 2.69 bits per heavy atom. The molecule has 1 rings (SSSR count). The van der Waals surface area contributed by atoms with Crippen molar-refractivity contribution in [2.75, 3.05) is 25.2 Å². The van der Waals surface area contributed by atoms with Gasteiger partial charge in [0.05, 0.1) is 18.6 Å². The van der Waals surface area contributed by atoms with Crippen LogP contribution in [-0.2, 0) is 16.3 Å². The molecule has 0 heterocycles. The zero-order valence-electron chi connectivity index (χ0n) is 9.35. The molecule has 0 saturated heterocycles. The molecule has 1 aromatic carbocycles. The van der Waals surface area contributed by atoms with Gasteiger partial charge in [-0.05, 0) is 24.1 Å². The first kappa shape index (κ1) is 13.0. The monoisotopic (exact) mass is 243 g/mol. The van der Waals surface area contributed by atoms with Crippen LogP contribution in [0.1, 0.15) is 5.56 Å². The van der Waals surface area contributed by atoms with Crippen molar-refractivity contribution >= 4 is 9.84 Å². The zero-order valence-corrected chi connectivity index (χ0v) is 10.2. The molecule has 16 heavy (non-hydrogen) atoms. The van der Waals surface area contributed by atoms with Gasteiger partial charge in [-0.15, -0.1) is 0 Å². The maximum absolute atomic E-state index is 11.4. The van der Waals surface area contributed by atoms with Crippen LogP contribution >= 0.6 is 0 Å². The van der Waals surface area contributed by atoms with Crippen LogP contribution in [0.2, 0.25) is 0 Å². The first-order valence-corrected chi connectivity index (χ1v) is 6.93. The van der Waals surface area contributed by atoms with Crippen LogP contribution in [-0.4, -0.2) is 33.6 Å². The molecule has 0 aliphatic carbocycles. The molecule has 0 aromatic heterocycles. The topological polar surface area (TPSA) is 69.4 Å². The van der Waals surface area contributed by atoms with Crippen molar-refractivity contribution in [1.82, 2.24) is 0 Å². The summed E-state index contributed by atoms with van der Waals surface area (Å²) in [5, 5.41) is 0. The van der Waals surface area contributed by atoms with Crippen LogP contribution in [0.25, 0.3) is 0 Å². The van der Waals surface area contributed by atoms with Gasteiger partial charge in [0.25, 0.3) is 0 Å². The molecule has 0 radical (unpaired) electrons. The van der Waals surface area contributed by atoms with Crippen LogP contribution in [0, 0.1) is 0 Å². The lowest BCUT2D eigenvalue weighted by Crippen LogP contribution is -2.19. The molecule has 0 saturated carbocycles. The van der Waals surface area contributed by atoms with E-state index in [-0.39, 0.29) is 18.1 Å². The number of methoxy groups -OCH3 is 1. The predicted octanol–water partition coefficient (Wildman–Crippen LogP) is 0.611. The molecule has 0 atom stereocenters. The smallest absolute Gasteiger partial charge is 0.151 e. The number of benzene rings is 1. The van der Waals surface area contributed by atoms with E-state index in [4.69, 9.17) is 10.5 Å². The van der Waals surface area contributed by atoms with Crippen molar-refractivity contribution < 1.29 is 13.2 Å². The highest BCUT2D eigenvalue weighted by Gasteiger charge is 2.09. The van der Waals surface area contributed by atoms with Crippen LogP contribution in [0.4, 0.5) is 0 Å². The van der Waals surface area contributed by atoms with Gasteiger partial charge < -0.3 is 10.5 Å². The van der Waals surface area contributed by atoms with E-state index in [1.54, 1.807) is 7.11 Å². The van der Waals surface area contributed by atoms with Crippen molar-refractivity contribution in [2.45, 2.75) is 6.42 Å². The van der Waals surface area contributed by atoms with Gasteiger partial charge >= 0.3 is 0 Å². The Morgan fingerprint density at radius 2 is 2.06 bits per heavy atom. The average molecular weight is 243 g/mol. The Hall–Kier alpha value is -1.07. The molecule has 0 aliphatic rings. The van der Waals surface area contributed by atoms with Crippen molar-refractivity contribution in [3.05, 3.63) is 29.8 Å². The Bertz CT molecular complexity index is 429. The summed E-state index contributed by atoms with van der Waals surface area (Å²) in [6.45, 7) is 0.181. The van der Waals surface area contributed by atoms with Gasteiger partial charge in [0.15, 0.2) is 9.84 Å². The van der Waals surface area contributed by atoms with Crippen LogP contribution in [0.5, 0.6) is 5.75 Å². The highest BCUT2D eigenvalue weighted by molar-refractivity contribution is 7.91. The summed E-state index contributed by atoms with van der Waals surface area (Å²) >= 11 is 0. The van der Waals surface area contributed by atoms with Crippen molar-refractivity contribution in [2.24, 2.45) is 5.73 Å². The summed E-state index contributed by atoms with van der Waals surface area (Å²) < 4.78 is 28.0. The number of ether oxygens (including phenoxy) is 1. The van der Waals surface area contributed by atoms with E-state index in [9.17, 15) is 8.42 Å². The fraction of sp³-hybridized carbons (Fsp3) is 0.455. The molecule has 0 aliphatic heterocycles. The van der Waals surface area contributed by atoms with Gasteiger partial charge in [0.1, 0.15) is 5.75 Å². The Kier molecular flexibility index (Phi) is 4.76. The van der Waals surface area contributed by atoms with Gasteiger partial charge in [-0.2, -0.15) is 0 Å². The lowest BCUT2D eigenvalue weighted by Gasteiger charge is -2.05. The van der Waals surface area contributed by atoms with E-state index >= 15 is 0 Å². The predicted molar refractivity (Wildman–Crippen MR) is 64.4 cm³/mol. The number of hydrogen-bond donors (Lipinski definition) is 1. The van der Waals surface area contributed by atoms with Crippen LogP contribution in [0.15, 0.2) is 24.3 Å². The Morgan fingerprint density at radius 1 is 1.31 bits per heavy atom. The minimum Gasteiger partial charge on any atom is -0.497 e. The van der Waals surface area contributed by atoms with Gasteiger partial charge in [-0.25, -0.2) is 8.42 Å². The Labute approximate surface area is 96.3 Å². The number of rotatable bonds is 6. The van der Waals surface area contributed by atoms with Gasteiger partial charge in [-0.3, -0.25) is 0 Å². The summed E-state index contributed by atoms with van der Waals surface area (Å²) in [6, 6.07) is 7.42. The van der Waals surface area contributed by atoms with Crippen molar-refractivity contribution in [1.29, 1.82) is 0 Å². The second-order valence-corrected chi connectivity index (χ2v) is 5.85. The largest absolute Gasteiger partial charge is 0.497 e. The SMILES string of the molecule is COc1cccc(CCS(=O)(=O)CCN)c1.